The quantitative estimate of drug-likeness (QED) is 0.818. The molecule has 0 amide bonds. The number of nitrogens with one attached hydrogen (secondary N) is 1. The highest BCUT2D eigenvalue weighted by Crippen LogP contribution is 2.35. The van der Waals surface area contributed by atoms with Gasteiger partial charge in [-0.2, -0.15) is 0 Å². The van der Waals surface area contributed by atoms with E-state index in [1.165, 1.54) is 24.0 Å². The molecule has 1 aromatic rings. The summed E-state index contributed by atoms with van der Waals surface area (Å²) in [4.78, 5) is 0. The van der Waals surface area contributed by atoms with Gasteiger partial charge in [0.1, 0.15) is 0 Å². The van der Waals surface area contributed by atoms with Gasteiger partial charge in [-0.3, -0.25) is 0 Å². The van der Waals surface area contributed by atoms with E-state index in [0.717, 1.165) is 19.4 Å². The minimum absolute atomic E-state index is 0.220. The summed E-state index contributed by atoms with van der Waals surface area (Å²) >= 11 is 0. The smallest absolute Gasteiger partial charge is 0.0412 e. The molecule has 1 aliphatic heterocycles. The van der Waals surface area contributed by atoms with Gasteiger partial charge in [-0.1, -0.05) is 32.0 Å². The average molecular weight is 217 g/mol. The van der Waals surface area contributed by atoms with E-state index in [4.69, 9.17) is 0 Å². The molecule has 1 unspecified atom stereocenters. The number of hydrogen-bond donors (Lipinski definition) is 1. The lowest BCUT2D eigenvalue weighted by molar-refractivity contribution is 0.427. The van der Waals surface area contributed by atoms with Crippen LogP contribution in [0.25, 0.3) is 0 Å². The molecule has 1 heteroatoms. The number of rotatable bonds is 3. The molecule has 1 atom stereocenters. The molecule has 2 rings (SSSR count). The maximum Gasteiger partial charge on any atom is 0.0412 e. The van der Waals surface area contributed by atoms with Crippen LogP contribution in [0.1, 0.15) is 50.3 Å². The zero-order valence-electron chi connectivity index (χ0n) is 10.8. The summed E-state index contributed by atoms with van der Waals surface area (Å²) in [5.41, 5.74) is 4.85. The predicted molar refractivity (Wildman–Crippen MR) is 69.8 cm³/mol. The zero-order chi connectivity index (χ0) is 11.6. The molecule has 0 saturated carbocycles. The number of aryl methyl sites for hydroxylation is 2. The zero-order valence-corrected chi connectivity index (χ0v) is 10.8. The minimum atomic E-state index is 0.220. The topological polar surface area (TPSA) is 12.0 Å². The van der Waals surface area contributed by atoms with Crippen molar-refractivity contribution >= 4 is 0 Å². The standard InChI is InChI=1S/C15H23N/c1-4-12-8-6-9-13(5-2)14(12)15(3)10-7-11-16-15/h6,8-9,16H,4-5,7,10-11H2,1-3H3. The Morgan fingerprint density at radius 3 is 2.25 bits per heavy atom. The van der Waals surface area contributed by atoms with Crippen LogP contribution in [0.15, 0.2) is 18.2 Å². The Labute approximate surface area is 99.3 Å². The van der Waals surface area contributed by atoms with Crippen molar-refractivity contribution in [1.29, 1.82) is 0 Å². The van der Waals surface area contributed by atoms with Crippen molar-refractivity contribution in [3.63, 3.8) is 0 Å². The van der Waals surface area contributed by atoms with Crippen LogP contribution in [0.5, 0.6) is 0 Å². The molecule has 88 valence electrons. The van der Waals surface area contributed by atoms with E-state index in [9.17, 15) is 0 Å². The molecule has 1 N–H and O–H groups in total. The molecule has 1 saturated heterocycles. The third-order valence-corrected chi connectivity index (χ3v) is 3.92. The van der Waals surface area contributed by atoms with Crippen molar-refractivity contribution in [3.05, 3.63) is 34.9 Å². The molecule has 1 fully saturated rings. The number of benzene rings is 1. The van der Waals surface area contributed by atoms with E-state index in [2.05, 4.69) is 44.3 Å². The lowest BCUT2D eigenvalue weighted by Crippen LogP contribution is -2.35. The van der Waals surface area contributed by atoms with E-state index in [1.807, 2.05) is 0 Å². The van der Waals surface area contributed by atoms with Crippen molar-refractivity contribution < 1.29 is 0 Å². The fourth-order valence-corrected chi connectivity index (χ4v) is 3.06. The van der Waals surface area contributed by atoms with Crippen LogP contribution >= 0.6 is 0 Å². The maximum atomic E-state index is 3.70. The van der Waals surface area contributed by atoms with Crippen molar-refractivity contribution in [1.82, 2.24) is 5.32 Å². The highest BCUT2D eigenvalue weighted by molar-refractivity contribution is 5.41. The van der Waals surface area contributed by atoms with Crippen molar-refractivity contribution in [2.75, 3.05) is 6.54 Å². The van der Waals surface area contributed by atoms with Gasteiger partial charge in [-0.25, -0.2) is 0 Å². The summed E-state index contributed by atoms with van der Waals surface area (Å²) in [6, 6.07) is 6.79. The maximum absolute atomic E-state index is 3.70. The summed E-state index contributed by atoms with van der Waals surface area (Å²) < 4.78 is 0. The summed E-state index contributed by atoms with van der Waals surface area (Å²) in [5, 5.41) is 3.70. The Balaban J connectivity index is 2.51. The SMILES string of the molecule is CCc1cccc(CC)c1C1(C)CCCN1. The Bertz CT molecular complexity index is 339. The highest BCUT2D eigenvalue weighted by Gasteiger charge is 2.33. The van der Waals surface area contributed by atoms with Crippen molar-refractivity contribution in [3.8, 4) is 0 Å². The first-order valence-corrected chi connectivity index (χ1v) is 6.57. The third-order valence-electron chi connectivity index (χ3n) is 3.92. The van der Waals surface area contributed by atoms with Crippen LogP contribution < -0.4 is 5.32 Å². The second-order valence-electron chi connectivity index (χ2n) is 5.02. The Morgan fingerprint density at radius 1 is 1.19 bits per heavy atom. The van der Waals surface area contributed by atoms with Crippen LogP contribution in [0.3, 0.4) is 0 Å². The van der Waals surface area contributed by atoms with Crippen LogP contribution in [-0.2, 0) is 18.4 Å². The van der Waals surface area contributed by atoms with Gasteiger partial charge in [-0.15, -0.1) is 0 Å². The average Bonchev–Trinajstić information content (AvgIpc) is 2.76. The molecular weight excluding hydrogens is 194 g/mol. The summed E-state index contributed by atoms with van der Waals surface area (Å²) in [6.45, 7) is 8.05. The molecule has 0 spiro atoms. The summed E-state index contributed by atoms with van der Waals surface area (Å²) in [5.74, 6) is 0. The predicted octanol–water partition coefficient (Wildman–Crippen LogP) is 3.41. The van der Waals surface area contributed by atoms with Crippen LogP contribution in [0.2, 0.25) is 0 Å². The monoisotopic (exact) mass is 217 g/mol. The van der Waals surface area contributed by atoms with Gasteiger partial charge in [0.2, 0.25) is 0 Å². The fraction of sp³-hybridized carbons (Fsp3) is 0.600. The summed E-state index contributed by atoms with van der Waals surface area (Å²) in [7, 11) is 0. The third kappa shape index (κ3) is 1.89. The van der Waals surface area contributed by atoms with E-state index in [-0.39, 0.29) is 5.54 Å². The second kappa shape index (κ2) is 4.58. The molecule has 0 aromatic heterocycles. The highest BCUT2D eigenvalue weighted by atomic mass is 15.0. The molecule has 0 radical (unpaired) electrons. The van der Waals surface area contributed by atoms with Gasteiger partial charge in [0.15, 0.2) is 0 Å². The Morgan fingerprint density at radius 2 is 1.81 bits per heavy atom. The largest absolute Gasteiger partial charge is 0.308 e. The minimum Gasteiger partial charge on any atom is -0.308 e. The Hall–Kier alpha value is -0.820. The van der Waals surface area contributed by atoms with Crippen LogP contribution in [-0.4, -0.2) is 6.54 Å². The first kappa shape index (κ1) is 11.7. The fourth-order valence-electron chi connectivity index (χ4n) is 3.06. The normalized spacial score (nSPS) is 24.9. The molecule has 1 aromatic carbocycles. The molecule has 1 aliphatic rings. The van der Waals surface area contributed by atoms with Gasteiger partial charge in [0.25, 0.3) is 0 Å². The summed E-state index contributed by atoms with van der Waals surface area (Å²) in [6.07, 6.45) is 4.86. The van der Waals surface area contributed by atoms with Gasteiger partial charge >= 0.3 is 0 Å². The Kier molecular flexibility index (Phi) is 3.34. The molecule has 0 aliphatic carbocycles. The van der Waals surface area contributed by atoms with Crippen molar-refractivity contribution in [2.45, 2.75) is 52.0 Å². The van der Waals surface area contributed by atoms with Crippen LogP contribution in [0, 0.1) is 0 Å². The molecular formula is C15H23N. The van der Waals surface area contributed by atoms with E-state index < -0.39 is 0 Å². The lowest BCUT2D eigenvalue weighted by Gasteiger charge is -2.30. The van der Waals surface area contributed by atoms with Gasteiger partial charge in [-0.05, 0) is 55.8 Å². The molecule has 16 heavy (non-hydrogen) atoms. The van der Waals surface area contributed by atoms with Gasteiger partial charge in [0, 0.05) is 5.54 Å². The molecule has 1 heterocycles. The van der Waals surface area contributed by atoms with Gasteiger partial charge < -0.3 is 5.32 Å². The van der Waals surface area contributed by atoms with Gasteiger partial charge in [0.05, 0.1) is 0 Å². The van der Waals surface area contributed by atoms with E-state index in [0.29, 0.717) is 0 Å². The molecule has 1 nitrogen and oxygen atoms in total. The first-order chi connectivity index (χ1) is 7.71. The van der Waals surface area contributed by atoms with Crippen LogP contribution in [0.4, 0.5) is 0 Å². The second-order valence-corrected chi connectivity index (χ2v) is 5.02. The first-order valence-electron chi connectivity index (χ1n) is 6.57. The van der Waals surface area contributed by atoms with Crippen molar-refractivity contribution in [2.24, 2.45) is 0 Å². The number of hydrogen-bond acceptors (Lipinski definition) is 1. The van der Waals surface area contributed by atoms with E-state index in [1.54, 1.807) is 5.56 Å². The molecule has 0 bridgehead atoms. The van der Waals surface area contributed by atoms with E-state index >= 15 is 0 Å². The lowest BCUT2D eigenvalue weighted by atomic mass is 9.82.